The van der Waals surface area contributed by atoms with Crippen LogP contribution in [0.4, 0.5) is 0 Å². The van der Waals surface area contributed by atoms with Crippen molar-refractivity contribution >= 4 is 9.84 Å². The van der Waals surface area contributed by atoms with E-state index in [9.17, 15) is 8.42 Å². The van der Waals surface area contributed by atoms with E-state index in [0.717, 1.165) is 32.4 Å². The Morgan fingerprint density at radius 2 is 1.89 bits per heavy atom. The van der Waals surface area contributed by atoms with E-state index in [2.05, 4.69) is 17.1 Å². The van der Waals surface area contributed by atoms with Gasteiger partial charge in [-0.25, -0.2) is 8.42 Å². The molecule has 112 valence electrons. The molecular formula is C14H28N2O2S. The highest BCUT2D eigenvalue weighted by atomic mass is 32.2. The lowest BCUT2D eigenvalue weighted by Crippen LogP contribution is -2.43. The van der Waals surface area contributed by atoms with E-state index in [1.54, 1.807) is 0 Å². The normalized spacial score (nSPS) is 30.8. The zero-order valence-corrected chi connectivity index (χ0v) is 13.1. The van der Waals surface area contributed by atoms with Crippen LogP contribution in [0.25, 0.3) is 0 Å². The van der Waals surface area contributed by atoms with Crippen LogP contribution in [0, 0.1) is 5.92 Å². The van der Waals surface area contributed by atoms with Gasteiger partial charge < -0.3 is 10.2 Å². The molecule has 1 saturated carbocycles. The van der Waals surface area contributed by atoms with E-state index in [-0.39, 0.29) is 11.3 Å². The number of nitrogens with one attached hydrogen (secondary N) is 1. The first-order valence-corrected chi connectivity index (χ1v) is 9.57. The first kappa shape index (κ1) is 15.3. The van der Waals surface area contributed by atoms with Gasteiger partial charge in [0.2, 0.25) is 0 Å². The van der Waals surface area contributed by atoms with E-state index in [4.69, 9.17) is 0 Å². The van der Waals surface area contributed by atoms with E-state index in [1.165, 1.54) is 32.2 Å². The van der Waals surface area contributed by atoms with Crippen LogP contribution in [-0.4, -0.2) is 57.0 Å². The van der Waals surface area contributed by atoms with Crippen LogP contribution >= 0.6 is 0 Å². The number of hydrogen-bond acceptors (Lipinski definition) is 4. The molecule has 5 heteroatoms. The van der Waals surface area contributed by atoms with Crippen LogP contribution < -0.4 is 5.32 Å². The van der Waals surface area contributed by atoms with Gasteiger partial charge in [0.1, 0.15) is 0 Å². The molecule has 3 atom stereocenters. The van der Waals surface area contributed by atoms with Crippen LogP contribution in [0.1, 0.15) is 39.0 Å². The fourth-order valence-electron chi connectivity index (χ4n) is 3.50. The number of hydrogen-bond donors (Lipinski definition) is 1. The van der Waals surface area contributed by atoms with Crippen molar-refractivity contribution in [3.05, 3.63) is 0 Å². The molecule has 4 nitrogen and oxygen atoms in total. The maximum atomic E-state index is 11.7. The Kier molecular flexibility index (Phi) is 5.26. The molecule has 0 aromatic rings. The largest absolute Gasteiger partial charge is 0.312 e. The highest BCUT2D eigenvalue weighted by molar-refractivity contribution is 7.91. The summed E-state index contributed by atoms with van der Waals surface area (Å²) in [5.74, 6) is 0.596. The third-order valence-corrected chi connectivity index (χ3v) is 6.16. The first-order chi connectivity index (χ1) is 8.97. The van der Waals surface area contributed by atoms with E-state index in [1.807, 2.05) is 0 Å². The van der Waals surface area contributed by atoms with Crippen LogP contribution in [0.2, 0.25) is 0 Å². The van der Waals surface area contributed by atoms with Crippen LogP contribution in [-0.2, 0) is 9.84 Å². The highest BCUT2D eigenvalue weighted by Gasteiger charge is 2.34. The van der Waals surface area contributed by atoms with E-state index >= 15 is 0 Å². The second-order valence-electron chi connectivity index (χ2n) is 6.43. The Hall–Kier alpha value is -0.130. The molecule has 0 spiro atoms. The summed E-state index contributed by atoms with van der Waals surface area (Å²) in [5, 5.41) is 3.35. The molecule has 1 aliphatic heterocycles. The van der Waals surface area contributed by atoms with Crippen molar-refractivity contribution in [1.82, 2.24) is 10.2 Å². The molecule has 19 heavy (non-hydrogen) atoms. The molecule has 1 aliphatic carbocycles. The fourth-order valence-corrected chi connectivity index (χ4v) is 4.92. The van der Waals surface area contributed by atoms with Crippen molar-refractivity contribution in [2.75, 3.05) is 32.4 Å². The molecule has 1 heterocycles. The minimum atomic E-state index is -2.89. The third-order valence-electron chi connectivity index (χ3n) is 4.50. The fraction of sp³-hybridized carbons (Fsp3) is 1.00. The van der Waals surface area contributed by atoms with E-state index in [0.29, 0.717) is 5.92 Å². The van der Waals surface area contributed by atoms with Gasteiger partial charge in [-0.2, -0.15) is 0 Å². The minimum absolute atomic E-state index is 0.161. The highest BCUT2D eigenvalue weighted by Crippen LogP contribution is 2.25. The van der Waals surface area contributed by atoms with Gasteiger partial charge in [-0.15, -0.1) is 0 Å². The topological polar surface area (TPSA) is 49.4 Å². The predicted octanol–water partition coefficient (Wildman–Crippen LogP) is 1.27. The van der Waals surface area contributed by atoms with Gasteiger partial charge in [0.25, 0.3) is 0 Å². The van der Waals surface area contributed by atoms with Crippen molar-refractivity contribution < 1.29 is 8.42 Å². The molecule has 1 saturated heterocycles. The third kappa shape index (κ3) is 4.43. The minimum Gasteiger partial charge on any atom is -0.312 e. The summed E-state index contributed by atoms with van der Waals surface area (Å²) in [4.78, 5) is 2.52. The Bertz CT molecular complexity index is 377. The lowest BCUT2D eigenvalue weighted by molar-refractivity contribution is 0.278. The van der Waals surface area contributed by atoms with Gasteiger partial charge in [0, 0.05) is 18.8 Å². The standard InChI is InChI=1S/C14H28N2O2S/c1-12(11-16-8-3-4-9-16)10-15-13-6-5-7-14(13)19(2,17)18/h12-15H,3-11H2,1-2H3. The van der Waals surface area contributed by atoms with Gasteiger partial charge in [-0.05, 0) is 51.2 Å². The van der Waals surface area contributed by atoms with Crippen molar-refractivity contribution in [1.29, 1.82) is 0 Å². The average molecular weight is 288 g/mol. The Morgan fingerprint density at radius 3 is 2.53 bits per heavy atom. The Labute approximate surface area is 117 Å². The number of sulfone groups is 1. The summed E-state index contributed by atoms with van der Waals surface area (Å²) in [6.45, 7) is 6.81. The maximum Gasteiger partial charge on any atom is 0.151 e. The molecule has 0 aromatic carbocycles. The average Bonchev–Trinajstić information content (AvgIpc) is 2.95. The molecule has 0 radical (unpaired) electrons. The molecule has 0 bridgehead atoms. The lowest BCUT2D eigenvalue weighted by atomic mass is 10.1. The zero-order valence-electron chi connectivity index (χ0n) is 12.3. The quantitative estimate of drug-likeness (QED) is 0.800. The predicted molar refractivity (Wildman–Crippen MR) is 79.1 cm³/mol. The summed E-state index contributed by atoms with van der Waals surface area (Å²) in [5.41, 5.74) is 0. The summed E-state index contributed by atoms with van der Waals surface area (Å²) in [6, 6.07) is 0.177. The van der Waals surface area contributed by atoms with Gasteiger partial charge in [0.05, 0.1) is 5.25 Å². The van der Waals surface area contributed by atoms with Crippen LogP contribution in [0.3, 0.4) is 0 Å². The molecule has 0 aromatic heterocycles. The molecular weight excluding hydrogens is 260 g/mol. The van der Waals surface area contributed by atoms with Gasteiger partial charge >= 0.3 is 0 Å². The number of likely N-dealkylation sites (tertiary alicyclic amines) is 1. The van der Waals surface area contributed by atoms with Crippen LogP contribution in [0.5, 0.6) is 0 Å². The van der Waals surface area contributed by atoms with Gasteiger partial charge in [-0.3, -0.25) is 0 Å². The second-order valence-corrected chi connectivity index (χ2v) is 8.69. The molecule has 2 rings (SSSR count). The first-order valence-electron chi connectivity index (χ1n) is 7.61. The number of rotatable bonds is 6. The molecule has 3 unspecified atom stereocenters. The molecule has 2 aliphatic rings. The maximum absolute atomic E-state index is 11.7. The second kappa shape index (κ2) is 6.55. The Balaban J connectivity index is 1.74. The summed E-state index contributed by atoms with van der Waals surface area (Å²) in [6.07, 6.45) is 6.92. The molecule has 2 fully saturated rings. The van der Waals surface area contributed by atoms with Gasteiger partial charge in [0.15, 0.2) is 9.84 Å². The van der Waals surface area contributed by atoms with Crippen molar-refractivity contribution in [3.8, 4) is 0 Å². The SMILES string of the molecule is CC(CNC1CCCC1S(C)(=O)=O)CN1CCCC1. The summed E-state index contributed by atoms with van der Waals surface area (Å²) in [7, 11) is -2.89. The number of nitrogens with zero attached hydrogens (tertiary/aromatic N) is 1. The molecule has 1 N–H and O–H groups in total. The lowest BCUT2D eigenvalue weighted by Gasteiger charge is -2.24. The summed E-state index contributed by atoms with van der Waals surface area (Å²) < 4.78 is 23.4. The van der Waals surface area contributed by atoms with Gasteiger partial charge in [-0.1, -0.05) is 13.3 Å². The molecule has 0 amide bonds. The smallest absolute Gasteiger partial charge is 0.151 e. The van der Waals surface area contributed by atoms with Crippen molar-refractivity contribution in [2.45, 2.75) is 50.3 Å². The monoisotopic (exact) mass is 288 g/mol. The Morgan fingerprint density at radius 1 is 1.21 bits per heavy atom. The van der Waals surface area contributed by atoms with Crippen molar-refractivity contribution in [3.63, 3.8) is 0 Å². The zero-order chi connectivity index (χ0) is 13.9. The van der Waals surface area contributed by atoms with Crippen LogP contribution in [0.15, 0.2) is 0 Å². The van der Waals surface area contributed by atoms with Crippen molar-refractivity contribution in [2.24, 2.45) is 5.92 Å². The summed E-state index contributed by atoms with van der Waals surface area (Å²) >= 11 is 0. The van der Waals surface area contributed by atoms with E-state index < -0.39 is 9.84 Å².